The number of anilines is 1. The van der Waals surface area contributed by atoms with E-state index in [1.165, 1.54) is 12.1 Å². The van der Waals surface area contributed by atoms with Gasteiger partial charge in [-0.1, -0.05) is 28.1 Å². The molecule has 2 rings (SSSR count). The van der Waals surface area contributed by atoms with Gasteiger partial charge in [-0.05, 0) is 57.2 Å². The fourth-order valence-electron chi connectivity index (χ4n) is 2.41. The Balaban J connectivity index is 1.96. The van der Waals surface area contributed by atoms with Crippen molar-refractivity contribution < 1.29 is 18.0 Å². The van der Waals surface area contributed by atoms with Crippen LogP contribution in [-0.4, -0.2) is 32.3 Å². The van der Waals surface area contributed by atoms with E-state index < -0.39 is 21.5 Å². The fraction of sp³-hybridized carbons (Fsp3) is 0.300. The van der Waals surface area contributed by atoms with Crippen LogP contribution in [0.15, 0.2) is 57.9 Å². The molecular weight excluding hydrogens is 458 g/mol. The predicted octanol–water partition coefficient (Wildman–Crippen LogP) is 3.28. The van der Waals surface area contributed by atoms with Crippen LogP contribution in [0.3, 0.4) is 0 Å². The fourth-order valence-corrected chi connectivity index (χ4v) is 3.70. The molecule has 0 saturated carbocycles. The number of nitrogens with one attached hydrogen (secondary N) is 3. The molecule has 0 aliphatic heterocycles. The molecule has 0 aromatic heterocycles. The van der Waals surface area contributed by atoms with Gasteiger partial charge in [0.2, 0.25) is 15.9 Å². The molecule has 0 unspecified atom stereocenters. The number of amides is 2. The van der Waals surface area contributed by atoms with Gasteiger partial charge in [0.25, 0.3) is 5.91 Å². The standard InChI is InChI=1S/C20H24BrN3O4S/c1-20(2,3)24-19(26)16-6-4-5-7-17(16)23-18(25)12-13-22-29(27,28)15-10-8-14(21)9-11-15/h4-11,22H,12-13H2,1-3H3,(H,23,25)(H,24,26). The smallest absolute Gasteiger partial charge is 0.253 e. The van der Waals surface area contributed by atoms with Crippen molar-refractivity contribution in [1.29, 1.82) is 0 Å². The zero-order valence-electron chi connectivity index (χ0n) is 16.5. The van der Waals surface area contributed by atoms with Gasteiger partial charge in [0.05, 0.1) is 16.1 Å². The molecule has 3 N–H and O–H groups in total. The van der Waals surface area contributed by atoms with Gasteiger partial charge in [0.1, 0.15) is 0 Å². The summed E-state index contributed by atoms with van der Waals surface area (Å²) in [5, 5.41) is 5.52. The van der Waals surface area contributed by atoms with Gasteiger partial charge in [-0.3, -0.25) is 9.59 Å². The third-order valence-corrected chi connectivity index (χ3v) is 5.71. The number of halogens is 1. The molecule has 2 aromatic rings. The van der Waals surface area contributed by atoms with Crippen molar-refractivity contribution >= 4 is 43.5 Å². The molecule has 2 amide bonds. The maximum absolute atomic E-state index is 12.4. The Kier molecular flexibility index (Phi) is 7.56. The van der Waals surface area contributed by atoms with Crippen molar-refractivity contribution in [3.8, 4) is 0 Å². The van der Waals surface area contributed by atoms with E-state index in [9.17, 15) is 18.0 Å². The summed E-state index contributed by atoms with van der Waals surface area (Å²) in [6.07, 6.45) is -0.0784. The minimum atomic E-state index is -3.70. The number of benzene rings is 2. The van der Waals surface area contributed by atoms with E-state index in [-0.39, 0.29) is 23.8 Å². The molecule has 0 bridgehead atoms. The summed E-state index contributed by atoms with van der Waals surface area (Å²) >= 11 is 3.25. The third kappa shape index (κ3) is 7.26. The topological polar surface area (TPSA) is 104 Å². The lowest BCUT2D eigenvalue weighted by Crippen LogP contribution is -2.40. The highest BCUT2D eigenvalue weighted by Gasteiger charge is 2.19. The van der Waals surface area contributed by atoms with Crippen molar-refractivity contribution in [2.24, 2.45) is 0 Å². The van der Waals surface area contributed by atoms with Crippen molar-refractivity contribution in [1.82, 2.24) is 10.0 Å². The summed E-state index contributed by atoms with van der Waals surface area (Å²) in [6.45, 7) is 5.53. The minimum absolute atomic E-state index is 0.0689. The van der Waals surface area contributed by atoms with Crippen LogP contribution in [0.2, 0.25) is 0 Å². The molecule has 0 atom stereocenters. The first-order valence-corrected chi connectivity index (χ1v) is 11.2. The molecular formula is C20H24BrN3O4S. The zero-order chi connectivity index (χ0) is 21.7. The number of rotatable bonds is 7. The number of hydrogen-bond acceptors (Lipinski definition) is 4. The molecule has 29 heavy (non-hydrogen) atoms. The monoisotopic (exact) mass is 481 g/mol. The highest BCUT2D eigenvalue weighted by molar-refractivity contribution is 9.10. The van der Waals surface area contributed by atoms with Gasteiger partial charge >= 0.3 is 0 Å². The first-order valence-electron chi connectivity index (χ1n) is 8.94. The van der Waals surface area contributed by atoms with Gasteiger partial charge in [-0.25, -0.2) is 13.1 Å². The Hall–Kier alpha value is -2.23. The van der Waals surface area contributed by atoms with Crippen LogP contribution < -0.4 is 15.4 Å². The van der Waals surface area contributed by atoms with E-state index in [1.807, 2.05) is 20.8 Å². The summed E-state index contributed by atoms with van der Waals surface area (Å²) < 4.78 is 27.7. The summed E-state index contributed by atoms with van der Waals surface area (Å²) in [4.78, 5) is 24.8. The minimum Gasteiger partial charge on any atom is -0.347 e. The Morgan fingerprint density at radius 3 is 2.24 bits per heavy atom. The highest BCUT2D eigenvalue weighted by Crippen LogP contribution is 2.17. The lowest BCUT2D eigenvalue weighted by molar-refractivity contribution is -0.116. The second-order valence-electron chi connectivity index (χ2n) is 7.40. The van der Waals surface area contributed by atoms with Crippen LogP contribution in [-0.2, 0) is 14.8 Å². The molecule has 0 spiro atoms. The van der Waals surface area contributed by atoms with E-state index >= 15 is 0 Å². The number of para-hydroxylation sites is 1. The Morgan fingerprint density at radius 2 is 1.62 bits per heavy atom. The molecule has 7 nitrogen and oxygen atoms in total. The first-order chi connectivity index (χ1) is 13.5. The van der Waals surface area contributed by atoms with Crippen molar-refractivity contribution in [2.75, 3.05) is 11.9 Å². The lowest BCUT2D eigenvalue weighted by atomic mass is 10.1. The average Bonchev–Trinajstić information content (AvgIpc) is 2.61. The molecule has 0 aliphatic rings. The zero-order valence-corrected chi connectivity index (χ0v) is 18.9. The number of sulfonamides is 1. The normalized spacial score (nSPS) is 11.7. The average molecular weight is 482 g/mol. The second kappa shape index (κ2) is 9.51. The summed E-state index contributed by atoms with van der Waals surface area (Å²) in [5.74, 6) is -0.705. The molecule has 156 valence electrons. The molecule has 0 heterocycles. The highest BCUT2D eigenvalue weighted by atomic mass is 79.9. The van der Waals surface area contributed by atoms with Crippen LogP contribution in [0, 0.1) is 0 Å². The van der Waals surface area contributed by atoms with E-state index in [0.717, 1.165) is 4.47 Å². The summed E-state index contributed by atoms with van der Waals surface area (Å²) in [7, 11) is -3.70. The van der Waals surface area contributed by atoms with Crippen LogP contribution in [0.5, 0.6) is 0 Å². The van der Waals surface area contributed by atoms with E-state index in [0.29, 0.717) is 11.3 Å². The van der Waals surface area contributed by atoms with Crippen molar-refractivity contribution in [3.05, 3.63) is 58.6 Å². The van der Waals surface area contributed by atoms with Gasteiger partial charge in [0.15, 0.2) is 0 Å². The van der Waals surface area contributed by atoms with Crippen LogP contribution >= 0.6 is 15.9 Å². The van der Waals surface area contributed by atoms with Crippen LogP contribution in [0.4, 0.5) is 5.69 Å². The van der Waals surface area contributed by atoms with E-state index in [2.05, 4.69) is 31.3 Å². The van der Waals surface area contributed by atoms with Gasteiger partial charge < -0.3 is 10.6 Å². The van der Waals surface area contributed by atoms with Gasteiger partial charge in [-0.15, -0.1) is 0 Å². The number of carbonyl (C=O) groups is 2. The molecule has 2 aromatic carbocycles. The molecule has 9 heteroatoms. The van der Waals surface area contributed by atoms with E-state index in [4.69, 9.17) is 0 Å². The summed E-state index contributed by atoms with van der Waals surface area (Å²) in [5.41, 5.74) is 0.292. The second-order valence-corrected chi connectivity index (χ2v) is 10.1. The lowest BCUT2D eigenvalue weighted by Gasteiger charge is -2.21. The Bertz CT molecular complexity index is 984. The van der Waals surface area contributed by atoms with Gasteiger partial charge in [0, 0.05) is 23.0 Å². The first kappa shape index (κ1) is 23.1. The van der Waals surface area contributed by atoms with Crippen LogP contribution in [0.1, 0.15) is 37.6 Å². The maximum Gasteiger partial charge on any atom is 0.253 e. The molecule has 0 radical (unpaired) electrons. The molecule has 0 aliphatic carbocycles. The Labute approximate surface area is 179 Å². The largest absolute Gasteiger partial charge is 0.347 e. The quantitative estimate of drug-likeness (QED) is 0.564. The Morgan fingerprint density at radius 1 is 1.00 bits per heavy atom. The van der Waals surface area contributed by atoms with Crippen molar-refractivity contribution in [2.45, 2.75) is 37.6 Å². The predicted molar refractivity (Wildman–Crippen MR) is 116 cm³/mol. The number of hydrogen-bond donors (Lipinski definition) is 3. The van der Waals surface area contributed by atoms with Gasteiger partial charge in [-0.2, -0.15) is 0 Å². The van der Waals surface area contributed by atoms with E-state index in [1.54, 1.807) is 36.4 Å². The molecule has 0 saturated heterocycles. The maximum atomic E-state index is 12.4. The molecule has 0 fully saturated rings. The third-order valence-electron chi connectivity index (χ3n) is 3.70. The van der Waals surface area contributed by atoms with Crippen LogP contribution in [0.25, 0.3) is 0 Å². The SMILES string of the molecule is CC(C)(C)NC(=O)c1ccccc1NC(=O)CCNS(=O)(=O)c1ccc(Br)cc1. The van der Waals surface area contributed by atoms with Crippen molar-refractivity contribution in [3.63, 3.8) is 0 Å². The number of carbonyl (C=O) groups excluding carboxylic acids is 2. The summed E-state index contributed by atoms with van der Waals surface area (Å²) in [6, 6.07) is 12.8.